The monoisotopic (exact) mass is 445 g/mol. The third kappa shape index (κ3) is 4.05. The van der Waals surface area contributed by atoms with Crippen molar-refractivity contribution in [2.45, 2.75) is 58.0 Å². The van der Waals surface area contributed by atoms with Crippen LogP contribution in [-0.2, 0) is 12.8 Å². The van der Waals surface area contributed by atoms with E-state index in [-0.39, 0.29) is 5.92 Å². The molecule has 8 nitrogen and oxygen atoms in total. The Morgan fingerprint density at radius 1 is 1.15 bits per heavy atom. The number of nitrogens with zero attached hydrogens (tertiary/aromatic N) is 5. The highest BCUT2D eigenvalue weighted by Crippen LogP contribution is 2.39. The summed E-state index contributed by atoms with van der Waals surface area (Å²) >= 11 is 0. The van der Waals surface area contributed by atoms with E-state index >= 15 is 0 Å². The zero-order valence-corrected chi connectivity index (χ0v) is 19.5. The number of aryl methyl sites for hydroxylation is 3. The van der Waals surface area contributed by atoms with Crippen LogP contribution >= 0.6 is 0 Å². The molecule has 1 unspecified atom stereocenters. The molecule has 1 aliphatic rings. The van der Waals surface area contributed by atoms with Crippen molar-refractivity contribution in [3.63, 3.8) is 0 Å². The first-order valence-electron chi connectivity index (χ1n) is 11.7. The van der Waals surface area contributed by atoms with E-state index in [9.17, 15) is 5.11 Å². The van der Waals surface area contributed by atoms with E-state index in [1.165, 1.54) is 11.1 Å². The molecule has 1 fully saturated rings. The van der Waals surface area contributed by atoms with E-state index in [1.807, 2.05) is 11.4 Å². The highest BCUT2D eigenvalue weighted by molar-refractivity contribution is 5.54. The van der Waals surface area contributed by atoms with Crippen LogP contribution < -0.4 is 5.32 Å². The number of benzene rings is 1. The zero-order valence-electron chi connectivity index (χ0n) is 19.5. The summed E-state index contributed by atoms with van der Waals surface area (Å²) in [4.78, 5) is 4.79. The van der Waals surface area contributed by atoms with E-state index in [0.29, 0.717) is 12.8 Å². The number of fused-ring (bicyclic) bond motifs is 1. The SMILES string of the molecule is CCc1nn2c(C)cc(C)nc2c1Cc1ccc(C(c2c[nH]nn2)C2(O)CCNCC2)cc1. The summed E-state index contributed by atoms with van der Waals surface area (Å²) in [5, 5.41) is 30.7. The fourth-order valence-electron chi connectivity index (χ4n) is 5.16. The molecular formula is C25H31N7O. The first kappa shape index (κ1) is 21.7. The second-order valence-corrected chi connectivity index (χ2v) is 9.16. The summed E-state index contributed by atoms with van der Waals surface area (Å²) in [5.74, 6) is -0.220. The van der Waals surface area contributed by atoms with Crippen LogP contribution in [0.5, 0.6) is 0 Å². The van der Waals surface area contributed by atoms with Crippen LogP contribution in [0.2, 0.25) is 0 Å². The van der Waals surface area contributed by atoms with Crippen molar-refractivity contribution in [1.29, 1.82) is 0 Å². The number of piperidine rings is 1. The second-order valence-electron chi connectivity index (χ2n) is 9.16. The van der Waals surface area contributed by atoms with Gasteiger partial charge in [0.2, 0.25) is 0 Å². The minimum Gasteiger partial charge on any atom is -0.389 e. The van der Waals surface area contributed by atoms with E-state index in [2.05, 4.69) is 64.9 Å². The van der Waals surface area contributed by atoms with Crippen LogP contribution in [0.25, 0.3) is 5.65 Å². The van der Waals surface area contributed by atoms with E-state index in [4.69, 9.17) is 10.1 Å². The van der Waals surface area contributed by atoms with Gasteiger partial charge in [-0.05, 0) is 63.4 Å². The lowest BCUT2D eigenvalue weighted by Crippen LogP contribution is -2.46. The summed E-state index contributed by atoms with van der Waals surface area (Å²) in [5.41, 5.74) is 7.49. The van der Waals surface area contributed by atoms with Crippen LogP contribution in [0.1, 0.15) is 65.1 Å². The van der Waals surface area contributed by atoms with Gasteiger partial charge in [0, 0.05) is 29.6 Å². The lowest BCUT2D eigenvalue weighted by atomic mass is 9.74. The molecule has 3 aromatic heterocycles. The molecule has 172 valence electrons. The summed E-state index contributed by atoms with van der Waals surface area (Å²) in [6, 6.07) is 10.6. The summed E-state index contributed by atoms with van der Waals surface area (Å²) in [6.45, 7) is 7.83. The standard InChI is InChI=1S/C25H31N7O/c1-4-21-20(24-28-16(2)13-17(3)32(24)30-21)14-18-5-7-19(8-6-18)23(22-15-27-31-29-22)25(33)9-11-26-12-10-25/h5-8,13,15,23,26,33H,4,9-12,14H2,1-3H3,(H,27,29,31). The maximum Gasteiger partial charge on any atom is 0.159 e. The lowest BCUT2D eigenvalue weighted by Gasteiger charge is -2.39. The van der Waals surface area contributed by atoms with E-state index in [1.54, 1.807) is 6.20 Å². The van der Waals surface area contributed by atoms with Crippen molar-refractivity contribution in [3.8, 4) is 0 Å². The quantitative estimate of drug-likeness (QED) is 0.422. The molecule has 1 atom stereocenters. The minimum atomic E-state index is -0.847. The Morgan fingerprint density at radius 3 is 2.58 bits per heavy atom. The van der Waals surface area contributed by atoms with Crippen molar-refractivity contribution in [3.05, 3.63) is 76.0 Å². The summed E-state index contributed by atoms with van der Waals surface area (Å²) in [7, 11) is 0. The van der Waals surface area contributed by atoms with Gasteiger partial charge in [0.05, 0.1) is 22.9 Å². The van der Waals surface area contributed by atoms with Crippen LogP contribution in [0.15, 0.2) is 36.5 Å². The largest absolute Gasteiger partial charge is 0.389 e. The predicted molar refractivity (Wildman–Crippen MR) is 126 cm³/mol. The number of aromatic nitrogens is 6. The summed E-state index contributed by atoms with van der Waals surface area (Å²) < 4.78 is 1.96. The van der Waals surface area contributed by atoms with Crippen LogP contribution in [0.3, 0.4) is 0 Å². The molecule has 4 heterocycles. The van der Waals surface area contributed by atoms with Gasteiger partial charge < -0.3 is 10.4 Å². The van der Waals surface area contributed by atoms with E-state index in [0.717, 1.165) is 59.9 Å². The Balaban J connectivity index is 1.48. The van der Waals surface area contributed by atoms with Gasteiger partial charge in [-0.15, -0.1) is 5.10 Å². The summed E-state index contributed by atoms with van der Waals surface area (Å²) in [6.07, 6.45) is 4.79. The third-order valence-electron chi connectivity index (χ3n) is 6.84. The first-order chi connectivity index (χ1) is 16.0. The van der Waals surface area contributed by atoms with Gasteiger partial charge in [-0.1, -0.05) is 36.4 Å². The molecule has 0 aliphatic carbocycles. The smallest absolute Gasteiger partial charge is 0.159 e. The normalized spacial score (nSPS) is 16.8. The predicted octanol–water partition coefficient (Wildman–Crippen LogP) is 2.86. The molecule has 5 rings (SSSR count). The van der Waals surface area contributed by atoms with Gasteiger partial charge in [0.1, 0.15) is 0 Å². The minimum absolute atomic E-state index is 0.220. The topological polar surface area (TPSA) is 104 Å². The van der Waals surface area contributed by atoms with Crippen molar-refractivity contribution in [1.82, 2.24) is 35.3 Å². The number of H-pyrrole nitrogens is 1. The van der Waals surface area contributed by atoms with Gasteiger partial charge in [-0.3, -0.25) is 5.10 Å². The lowest BCUT2D eigenvalue weighted by molar-refractivity contribution is -0.00591. The Kier molecular flexibility index (Phi) is 5.72. The van der Waals surface area contributed by atoms with Crippen LogP contribution in [-0.4, -0.2) is 53.8 Å². The van der Waals surface area contributed by atoms with Crippen molar-refractivity contribution in [2.75, 3.05) is 13.1 Å². The van der Waals surface area contributed by atoms with Crippen LogP contribution in [0.4, 0.5) is 0 Å². The average Bonchev–Trinajstić information content (AvgIpc) is 3.44. The molecule has 0 bridgehead atoms. The number of nitrogens with one attached hydrogen (secondary N) is 2. The molecule has 0 saturated carbocycles. The zero-order chi connectivity index (χ0) is 23.0. The van der Waals surface area contributed by atoms with E-state index < -0.39 is 5.60 Å². The molecular weight excluding hydrogens is 414 g/mol. The average molecular weight is 446 g/mol. The van der Waals surface area contributed by atoms with Gasteiger partial charge in [0.15, 0.2) is 5.65 Å². The number of aliphatic hydroxyl groups is 1. The second kappa shape index (κ2) is 8.68. The molecule has 3 N–H and O–H groups in total. The van der Waals surface area contributed by atoms with Crippen molar-refractivity contribution in [2.24, 2.45) is 0 Å². The fraction of sp³-hybridized carbons (Fsp3) is 0.440. The molecule has 0 amide bonds. The van der Waals surface area contributed by atoms with Crippen molar-refractivity contribution < 1.29 is 5.11 Å². The number of rotatable bonds is 6. The molecule has 1 aromatic carbocycles. The Hall–Kier alpha value is -3.10. The molecule has 0 radical (unpaired) electrons. The van der Waals surface area contributed by atoms with Gasteiger partial charge in [-0.2, -0.15) is 5.10 Å². The fourth-order valence-corrected chi connectivity index (χ4v) is 5.16. The highest BCUT2D eigenvalue weighted by atomic mass is 16.3. The van der Waals surface area contributed by atoms with Crippen molar-refractivity contribution >= 4 is 5.65 Å². The van der Waals surface area contributed by atoms with Gasteiger partial charge in [-0.25, -0.2) is 9.50 Å². The number of hydrogen-bond acceptors (Lipinski definition) is 6. The highest BCUT2D eigenvalue weighted by Gasteiger charge is 2.41. The van der Waals surface area contributed by atoms with Gasteiger partial charge in [0.25, 0.3) is 0 Å². The Labute approximate surface area is 193 Å². The molecule has 1 saturated heterocycles. The Morgan fingerprint density at radius 2 is 1.91 bits per heavy atom. The molecule has 8 heteroatoms. The Bertz CT molecular complexity index is 1240. The first-order valence-corrected chi connectivity index (χ1v) is 11.7. The molecule has 33 heavy (non-hydrogen) atoms. The maximum atomic E-state index is 11.5. The third-order valence-corrected chi connectivity index (χ3v) is 6.84. The van der Waals surface area contributed by atoms with Crippen LogP contribution in [0, 0.1) is 13.8 Å². The number of aromatic amines is 1. The molecule has 4 aromatic rings. The van der Waals surface area contributed by atoms with Gasteiger partial charge >= 0.3 is 0 Å². The maximum absolute atomic E-state index is 11.5. The molecule has 0 spiro atoms. The number of hydrogen-bond donors (Lipinski definition) is 3. The molecule has 1 aliphatic heterocycles.